The van der Waals surface area contributed by atoms with Crippen molar-refractivity contribution in [3.8, 4) is 11.3 Å². The number of aromatic nitrogens is 7. The number of fused-ring (bicyclic) bond motifs is 2. The van der Waals surface area contributed by atoms with E-state index in [1.54, 1.807) is 17.7 Å². The van der Waals surface area contributed by atoms with Crippen molar-refractivity contribution in [3.63, 3.8) is 0 Å². The van der Waals surface area contributed by atoms with Gasteiger partial charge in [0.05, 0.1) is 12.0 Å². The van der Waals surface area contributed by atoms with Crippen LogP contribution < -0.4 is 5.32 Å². The summed E-state index contributed by atoms with van der Waals surface area (Å²) >= 11 is 1.55. The first-order chi connectivity index (χ1) is 12.3. The van der Waals surface area contributed by atoms with Gasteiger partial charge in [-0.05, 0) is 6.92 Å². The highest BCUT2D eigenvalue weighted by atomic mass is 32.1. The van der Waals surface area contributed by atoms with Gasteiger partial charge in [0.15, 0.2) is 11.5 Å². The van der Waals surface area contributed by atoms with Crippen molar-refractivity contribution in [2.24, 2.45) is 0 Å². The van der Waals surface area contributed by atoms with E-state index in [1.165, 1.54) is 11.9 Å². The lowest BCUT2D eigenvalue weighted by Crippen LogP contribution is -1.98. The number of hydrogen-bond acceptors (Lipinski definition) is 7. The van der Waals surface area contributed by atoms with Crippen LogP contribution in [0.5, 0.6) is 0 Å². The molecule has 0 aliphatic heterocycles. The molecule has 122 valence electrons. The topological polar surface area (TPSA) is 96.7 Å². The van der Waals surface area contributed by atoms with Crippen molar-refractivity contribution in [2.75, 3.05) is 5.32 Å². The van der Waals surface area contributed by atoms with Gasteiger partial charge in [0, 0.05) is 10.9 Å². The second-order valence-electron chi connectivity index (χ2n) is 5.57. The molecule has 5 aromatic rings. The zero-order chi connectivity index (χ0) is 16.8. The summed E-state index contributed by atoms with van der Waals surface area (Å²) in [5.41, 5.74) is 4.66. The Morgan fingerprint density at radius 2 is 2.00 bits per heavy atom. The minimum absolute atomic E-state index is 0.481. The Morgan fingerprint density at radius 3 is 2.88 bits per heavy atom. The Balaban J connectivity index is 1.55. The molecule has 0 aliphatic rings. The molecule has 0 amide bonds. The monoisotopic (exact) mass is 348 g/mol. The molecular formula is C16H12N8S. The summed E-state index contributed by atoms with van der Waals surface area (Å²) < 4.78 is 1.84. The van der Waals surface area contributed by atoms with Gasteiger partial charge in [-0.1, -0.05) is 29.8 Å². The lowest BCUT2D eigenvalue weighted by atomic mass is 10.1. The van der Waals surface area contributed by atoms with E-state index in [1.807, 2.05) is 4.52 Å². The van der Waals surface area contributed by atoms with Gasteiger partial charge in [-0.15, -0.1) is 16.4 Å². The standard InChI is InChI=1S/C16H12N8S/c1-9-2-4-10(5-3-9)11-6-25-16-22-15(23-24(11)16)21-14-12-13(18-7-17-12)19-8-20-14/h2-8H,1H3,(H2,17,18,19,20,21,23). The molecule has 1 aromatic carbocycles. The maximum absolute atomic E-state index is 4.57. The minimum Gasteiger partial charge on any atom is -0.340 e. The van der Waals surface area contributed by atoms with Crippen LogP contribution in [0.3, 0.4) is 0 Å². The molecule has 0 saturated carbocycles. The molecule has 0 aliphatic carbocycles. The molecule has 0 atom stereocenters. The zero-order valence-electron chi connectivity index (χ0n) is 13.1. The maximum Gasteiger partial charge on any atom is 0.249 e. The Hall–Kier alpha value is -3.33. The van der Waals surface area contributed by atoms with Gasteiger partial charge in [0.25, 0.3) is 0 Å². The van der Waals surface area contributed by atoms with Gasteiger partial charge in [0.2, 0.25) is 10.9 Å². The third-order valence-corrected chi connectivity index (χ3v) is 4.70. The van der Waals surface area contributed by atoms with Crippen molar-refractivity contribution in [2.45, 2.75) is 6.92 Å². The molecule has 0 spiro atoms. The van der Waals surface area contributed by atoms with Crippen LogP contribution in [-0.4, -0.2) is 34.5 Å². The number of imidazole rings is 1. The molecule has 4 heterocycles. The number of aromatic amines is 1. The van der Waals surface area contributed by atoms with Crippen LogP contribution >= 0.6 is 11.3 Å². The first-order valence-electron chi connectivity index (χ1n) is 7.60. The van der Waals surface area contributed by atoms with Crippen LogP contribution in [0.4, 0.5) is 11.8 Å². The Kier molecular flexibility index (Phi) is 3.01. The van der Waals surface area contributed by atoms with Crippen molar-refractivity contribution in [1.29, 1.82) is 0 Å². The summed E-state index contributed by atoms with van der Waals surface area (Å²) in [7, 11) is 0. The summed E-state index contributed by atoms with van der Waals surface area (Å²) in [4.78, 5) is 20.8. The molecule has 0 bridgehead atoms. The van der Waals surface area contributed by atoms with Gasteiger partial charge in [-0.25, -0.2) is 19.5 Å². The molecule has 25 heavy (non-hydrogen) atoms. The van der Waals surface area contributed by atoms with Crippen LogP contribution in [0.25, 0.3) is 27.4 Å². The van der Waals surface area contributed by atoms with E-state index in [0.717, 1.165) is 21.7 Å². The second kappa shape index (κ2) is 5.35. The first-order valence-corrected chi connectivity index (χ1v) is 8.48. The number of thiazole rings is 1. The van der Waals surface area contributed by atoms with Gasteiger partial charge in [-0.2, -0.15) is 4.98 Å². The molecule has 0 fully saturated rings. The number of aryl methyl sites for hydroxylation is 1. The summed E-state index contributed by atoms with van der Waals surface area (Å²) in [6.45, 7) is 2.07. The molecular weight excluding hydrogens is 336 g/mol. The Labute approximate surface area is 145 Å². The molecule has 8 nitrogen and oxygen atoms in total. The van der Waals surface area contributed by atoms with Crippen LogP contribution in [-0.2, 0) is 0 Å². The molecule has 0 unspecified atom stereocenters. The van der Waals surface area contributed by atoms with E-state index in [9.17, 15) is 0 Å². The van der Waals surface area contributed by atoms with Crippen molar-refractivity contribution >= 4 is 39.2 Å². The van der Waals surface area contributed by atoms with Crippen molar-refractivity contribution < 1.29 is 0 Å². The molecule has 0 radical (unpaired) electrons. The van der Waals surface area contributed by atoms with Crippen LogP contribution in [0, 0.1) is 6.92 Å². The van der Waals surface area contributed by atoms with E-state index in [0.29, 0.717) is 17.4 Å². The van der Waals surface area contributed by atoms with Gasteiger partial charge in [0.1, 0.15) is 11.8 Å². The predicted molar refractivity (Wildman–Crippen MR) is 96.0 cm³/mol. The average molecular weight is 348 g/mol. The van der Waals surface area contributed by atoms with E-state index in [2.05, 4.69) is 71.9 Å². The minimum atomic E-state index is 0.481. The van der Waals surface area contributed by atoms with Gasteiger partial charge < -0.3 is 10.3 Å². The third-order valence-electron chi connectivity index (χ3n) is 3.88. The van der Waals surface area contributed by atoms with E-state index in [-0.39, 0.29) is 0 Å². The van der Waals surface area contributed by atoms with Gasteiger partial charge >= 0.3 is 0 Å². The summed E-state index contributed by atoms with van der Waals surface area (Å²) in [6.07, 6.45) is 3.04. The summed E-state index contributed by atoms with van der Waals surface area (Å²) in [5, 5.41) is 9.76. The Bertz CT molecular complexity index is 1180. The summed E-state index contributed by atoms with van der Waals surface area (Å²) in [6, 6.07) is 8.35. The lowest BCUT2D eigenvalue weighted by Gasteiger charge is -2.01. The highest BCUT2D eigenvalue weighted by molar-refractivity contribution is 7.15. The third kappa shape index (κ3) is 2.32. The number of nitrogens with one attached hydrogen (secondary N) is 2. The highest BCUT2D eigenvalue weighted by Gasteiger charge is 2.13. The van der Waals surface area contributed by atoms with Gasteiger partial charge in [-0.3, -0.25) is 0 Å². The number of H-pyrrole nitrogens is 1. The second-order valence-corrected chi connectivity index (χ2v) is 6.40. The molecule has 0 saturated heterocycles. The van der Waals surface area contributed by atoms with Crippen molar-refractivity contribution in [1.82, 2.24) is 34.5 Å². The number of hydrogen-bond donors (Lipinski definition) is 2. The van der Waals surface area contributed by atoms with Crippen molar-refractivity contribution in [3.05, 3.63) is 47.9 Å². The molecule has 2 N–H and O–H groups in total. The predicted octanol–water partition coefficient (Wildman–Crippen LogP) is 3.18. The highest BCUT2D eigenvalue weighted by Crippen LogP contribution is 2.27. The fourth-order valence-electron chi connectivity index (χ4n) is 2.62. The quantitative estimate of drug-likeness (QED) is 0.520. The maximum atomic E-state index is 4.57. The van der Waals surface area contributed by atoms with E-state index >= 15 is 0 Å². The van der Waals surface area contributed by atoms with Crippen LogP contribution in [0.2, 0.25) is 0 Å². The zero-order valence-corrected chi connectivity index (χ0v) is 13.9. The SMILES string of the molecule is Cc1ccc(-c2csc3nc(Nc4ncnc5nc[nH]c45)nn23)cc1. The number of rotatable bonds is 3. The van der Waals surface area contributed by atoms with E-state index < -0.39 is 0 Å². The fraction of sp³-hybridized carbons (Fsp3) is 0.0625. The molecule has 4 aromatic heterocycles. The molecule has 9 heteroatoms. The lowest BCUT2D eigenvalue weighted by molar-refractivity contribution is 0.987. The smallest absolute Gasteiger partial charge is 0.249 e. The average Bonchev–Trinajstić information content (AvgIpc) is 3.31. The number of anilines is 2. The number of benzene rings is 1. The normalized spacial score (nSPS) is 11.4. The fourth-order valence-corrected chi connectivity index (χ4v) is 3.45. The number of nitrogens with zero attached hydrogens (tertiary/aromatic N) is 6. The summed E-state index contributed by atoms with van der Waals surface area (Å²) in [5.74, 6) is 1.08. The van der Waals surface area contributed by atoms with Crippen LogP contribution in [0.1, 0.15) is 5.56 Å². The Morgan fingerprint density at radius 1 is 1.12 bits per heavy atom. The van der Waals surface area contributed by atoms with E-state index in [4.69, 9.17) is 0 Å². The largest absolute Gasteiger partial charge is 0.340 e. The molecule has 5 rings (SSSR count). The first kappa shape index (κ1) is 14.1. The van der Waals surface area contributed by atoms with Crippen LogP contribution in [0.15, 0.2) is 42.3 Å².